The fourth-order valence-electron chi connectivity index (χ4n) is 7.16. The largest absolute Gasteiger partial charge is 0.353 e. The summed E-state index contributed by atoms with van der Waals surface area (Å²) in [5.41, 5.74) is 0.668. The molecule has 2 amide bonds. The first kappa shape index (κ1) is 19.1. The Morgan fingerprint density at radius 2 is 1.66 bits per heavy atom. The summed E-state index contributed by atoms with van der Waals surface area (Å²) >= 11 is 0. The van der Waals surface area contributed by atoms with Crippen LogP contribution >= 0.6 is 0 Å². The molecule has 6 rings (SSSR count). The average Bonchev–Trinajstić information content (AvgIpc) is 2.66. The third-order valence-electron chi connectivity index (χ3n) is 7.92. The van der Waals surface area contributed by atoms with E-state index in [-0.39, 0.29) is 29.1 Å². The van der Waals surface area contributed by atoms with Crippen molar-refractivity contribution in [2.45, 2.75) is 63.8 Å². The molecule has 0 spiro atoms. The smallest absolute Gasteiger partial charge is 0.253 e. The van der Waals surface area contributed by atoms with Crippen molar-refractivity contribution >= 4 is 11.8 Å². The third kappa shape index (κ3) is 3.93. The summed E-state index contributed by atoms with van der Waals surface area (Å²) < 4.78 is 13.4. The SMILES string of the molecule is O=C(CC12CC3CC(CC(C3)C1)C2)NC1CCN(C(=O)c2cccc(F)c2)CC1. The number of benzene rings is 1. The summed E-state index contributed by atoms with van der Waals surface area (Å²) in [7, 11) is 0. The van der Waals surface area contributed by atoms with Gasteiger partial charge in [0.15, 0.2) is 0 Å². The quantitative estimate of drug-likeness (QED) is 0.828. The summed E-state index contributed by atoms with van der Waals surface area (Å²) in [6, 6.07) is 6.02. The first-order chi connectivity index (χ1) is 14.0. The van der Waals surface area contributed by atoms with Gasteiger partial charge in [0.2, 0.25) is 5.91 Å². The van der Waals surface area contributed by atoms with Crippen LogP contribution in [0.2, 0.25) is 0 Å². The molecule has 4 aliphatic carbocycles. The van der Waals surface area contributed by atoms with Crippen LogP contribution in [0.5, 0.6) is 0 Å². The molecule has 29 heavy (non-hydrogen) atoms. The lowest BCUT2D eigenvalue weighted by Gasteiger charge is -2.56. The molecule has 0 aromatic heterocycles. The highest BCUT2D eigenvalue weighted by molar-refractivity contribution is 5.94. The second-order valence-corrected chi connectivity index (χ2v) is 10.2. The van der Waals surface area contributed by atoms with Gasteiger partial charge in [-0.1, -0.05) is 6.07 Å². The molecule has 5 heteroatoms. The van der Waals surface area contributed by atoms with Crippen molar-refractivity contribution in [1.29, 1.82) is 0 Å². The van der Waals surface area contributed by atoms with E-state index in [1.165, 1.54) is 50.7 Å². The van der Waals surface area contributed by atoms with Crippen LogP contribution in [0.1, 0.15) is 68.1 Å². The van der Waals surface area contributed by atoms with Crippen molar-refractivity contribution < 1.29 is 14.0 Å². The normalized spacial score (nSPS) is 33.7. The van der Waals surface area contributed by atoms with E-state index in [1.807, 2.05) is 0 Å². The van der Waals surface area contributed by atoms with Gasteiger partial charge in [0.1, 0.15) is 5.82 Å². The maximum atomic E-state index is 13.4. The summed E-state index contributed by atoms with van der Waals surface area (Å²) in [6.45, 7) is 1.22. The Balaban J connectivity index is 1.12. The highest BCUT2D eigenvalue weighted by Gasteiger charge is 2.51. The fraction of sp³-hybridized carbons (Fsp3) is 0.667. The van der Waals surface area contributed by atoms with Gasteiger partial charge in [-0.15, -0.1) is 0 Å². The fourth-order valence-corrected chi connectivity index (χ4v) is 7.16. The van der Waals surface area contributed by atoms with Gasteiger partial charge < -0.3 is 10.2 Å². The van der Waals surface area contributed by atoms with Crippen LogP contribution in [0.15, 0.2) is 24.3 Å². The first-order valence-corrected chi connectivity index (χ1v) is 11.3. The molecule has 0 radical (unpaired) electrons. The second kappa shape index (κ2) is 7.41. The zero-order valence-electron chi connectivity index (χ0n) is 17.0. The summed E-state index contributed by atoms with van der Waals surface area (Å²) in [6.07, 6.45) is 10.2. The molecule has 4 bridgehead atoms. The molecule has 1 heterocycles. The number of rotatable bonds is 4. The lowest BCUT2D eigenvalue weighted by molar-refractivity contribution is -0.130. The van der Waals surface area contributed by atoms with E-state index in [0.29, 0.717) is 25.1 Å². The predicted octanol–water partition coefficient (Wildman–Crippen LogP) is 4.15. The molecule has 156 valence electrons. The average molecular weight is 399 g/mol. The molecular weight excluding hydrogens is 367 g/mol. The van der Waals surface area contributed by atoms with Gasteiger partial charge in [0, 0.05) is 31.1 Å². The van der Waals surface area contributed by atoms with E-state index in [1.54, 1.807) is 17.0 Å². The van der Waals surface area contributed by atoms with E-state index in [4.69, 9.17) is 0 Å². The minimum atomic E-state index is -0.386. The number of nitrogens with zero attached hydrogens (tertiary/aromatic N) is 1. The van der Waals surface area contributed by atoms with Gasteiger partial charge in [-0.05, 0) is 92.7 Å². The van der Waals surface area contributed by atoms with Crippen molar-refractivity contribution in [3.63, 3.8) is 0 Å². The zero-order valence-corrected chi connectivity index (χ0v) is 17.0. The van der Waals surface area contributed by atoms with Crippen LogP contribution in [0.25, 0.3) is 0 Å². The number of hydrogen-bond donors (Lipinski definition) is 1. The number of carbonyl (C=O) groups is 2. The van der Waals surface area contributed by atoms with Gasteiger partial charge in [-0.2, -0.15) is 0 Å². The monoisotopic (exact) mass is 398 g/mol. The van der Waals surface area contributed by atoms with Crippen LogP contribution in [0.3, 0.4) is 0 Å². The minimum absolute atomic E-state index is 0.122. The van der Waals surface area contributed by atoms with Gasteiger partial charge in [0.05, 0.1) is 0 Å². The highest BCUT2D eigenvalue weighted by Crippen LogP contribution is 2.61. The van der Waals surface area contributed by atoms with Crippen molar-refractivity contribution in [1.82, 2.24) is 10.2 Å². The van der Waals surface area contributed by atoms with E-state index >= 15 is 0 Å². The predicted molar refractivity (Wildman–Crippen MR) is 109 cm³/mol. The van der Waals surface area contributed by atoms with Gasteiger partial charge in [0.25, 0.3) is 5.91 Å². The molecule has 5 fully saturated rings. The number of halogens is 1. The van der Waals surface area contributed by atoms with Crippen LogP contribution in [-0.2, 0) is 4.79 Å². The Hall–Kier alpha value is -1.91. The standard InChI is InChI=1S/C24H31FN2O2/c25-20-3-1-2-19(11-20)23(29)27-6-4-21(5-7-27)26-22(28)15-24-12-16-8-17(13-24)10-18(9-16)14-24/h1-3,11,16-18,21H,4-10,12-15H2,(H,26,28). The Bertz CT molecular complexity index is 765. The molecule has 0 atom stereocenters. The molecule has 1 aliphatic heterocycles. The van der Waals surface area contributed by atoms with Crippen LogP contribution < -0.4 is 5.32 Å². The number of hydrogen-bond acceptors (Lipinski definition) is 2. The molecular formula is C24H31FN2O2. The number of amides is 2. The van der Waals surface area contributed by atoms with Gasteiger partial charge in [-0.25, -0.2) is 4.39 Å². The maximum Gasteiger partial charge on any atom is 0.253 e. The summed E-state index contributed by atoms with van der Waals surface area (Å²) in [4.78, 5) is 27.2. The maximum absolute atomic E-state index is 13.4. The van der Waals surface area contributed by atoms with Crippen LogP contribution in [0.4, 0.5) is 4.39 Å². The molecule has 1 saturated heterocycles. The minimum Gasteiger partial charge on any atom is -0.353 e. The van der Waals surface area contributed by atoms with E-state index in [2.05, 4.69) is 5.32 Å². The van der Waals surface area contributed by atoms with Gasteiger partial charge >= 0.3 is 0 Å². The zero-order chi connectivity index (χ0) is 20.0. The van der Waals surface area contributed by atoms with E-state index in [9.17, 15) is 14.0 Å². The number of nitrogens with one attached hydrogen (secondary N) is 1. The number of likely N-dealkylation sites (tertiary alicyclic amines) is 1. The molecule has 1 aromatic rings. The van der Waals surface area contributed by atoms with E-state index < -0.39 is 0 Å². The number of carbonyl (C=O) groups excluding carboxylic acids is 2. The molecule has 5 aliphatic rings. The topological polar surface area (TPSA) is 49.4 Å². The lowest BCUT2D eigenvalue weighted by Crippen LogP contribution is -2.50. The first-order valence-electron chi connectivity index (χ1n) is 11.3. The van der Waals surface area contributed by atoms with Gasteiger partial charge in [-0.3, -0.25) is 9.59 Å². The molecule has 4 nitrogen and oxygen atoms in total. The Labute approximate surface area is 172 Å². The van der Waals surface area contributed by atoms with Crippen molar-refractivity contribution in [3.8, 4) is 0 Å². The summed E-state index contributed by atoms with van der Waals surface area (Å²) in [5.74, 6) is 2.30. The number of piperidine rings is 1. The van der Waals surface area contributed by atoms with Crippen molar-refractivity contribution in [2.24, 2.45) is 23.2 Å². The van der Waals surface area contributed by atoms with Crippen LogP contribution in [0, 0.1) is 29.0 Å². The highest BCUT2D eigenvalue weighted by atomic mass is 19.1. The second-order valence-electron chi connectivity index (χ2n) is 10.2. The Kier molecular flexibility index (Phi) is 4.87. The van der Waals surface area contributed by atoms with Crippen molar-refractivity contribution in [2.75, 3.05) is 13.1 Å². The lowest BCUT2D eigenvalue weighted by atomic mass is 9.49. The molecule has 1 aromatic carbocycles. The van der Waals surface area contributed by atoms with Crippen LogP contribution in [-0.4, -0.2) is 35.8 Å². The summed E-state index contributed by atoms with van der Waals surface area (Å²) in [5, 5.41) is 3.27. The molecule has 1 N–H and O–H groups in total. The Morgan fingerprint density at radius 3 is 2.24 bits per heavy atom. The molecule has 4 saturated carbocycles. The molecule has 0 unspecified atom stereocenters. The third-order valence-corrected chi connectivity index (χ3v) is 7.92. The Morgan fingerprint density at radius 1 is 1.03 bits per heavy atom. The van der Waals surface area contributed by atoms with E-state index in [0.717, 1.165) is 30.6 Å². The van der Waals surface area contributed by atoms with Crippen molar-refractivity contribution in [3.05, 3.63) is 35.6 Å².